The number of halogens is 2. The second-order valence-electron chi connectivity index (χ2n) is 16.3. The van der Waals surface area contributed by atoms with Crippen LogP contribution in [0.4, 0.5) is 0 Å². The van der Waals surface area contributed by atoms with Gasteiger partial charge >= 0.3 is 5.97 Å². The minimum atomic E-state index is -1.11. The highest BCUT2D eigenvalue weighted by atomic mass is 35.5. The van der Waals surface area contributed by atoms with E-state index in [2.05, 4.69) is 32.7 Å². The lowest BCUT2D eigenvalue weighted by Gasteiger charge is -2.19. The van der Waals surface area contributed by atoms with Crippen LogP contribution in [0.25, 0.3) is 11.1 Å². The van der Waals surface area contributed by atoms with E-state index in [0.29, 0.717) is 66.4 Å². The predicted molar refractivity (Wildman–Crippen MR) is 261 cm³/mol. The van der Waals surface area contributed by atoms with E-state index >= 15 is 0 Å². The van der Waals surface area contributed by atoms with Crippen molar-refractivity contribution in [1.82, 2.24) is 20.6 Å². The van der Waals surface area contributed by atoms with Crippen molar-refractivity contribution in [3.8, 4) is 46.3 Å². The van der Waals surface area contributed by atoms with E-state index in [1.807, 2.05) is 50.2 Å². The summed E-state index contributed by atoms with van der Waals surface area (Å²) in [5.74, 6) is -0.127. The maximum atomic E-state index is 11.3. The van der Waals surface area contributed by atoms with Crippen LogP contribution in [-0.2, 0) is 49.1 Å². The highest BCUT2D eigenvalue weighted by molar-refractivity contribution is 6.32. The van der Waals surface area contributed by atoms with Crippen molar-refractivity contribution >= 4 is 35.1 Å². The van der Waals surface area contributed by atoms with Crippen molar-refractivity contribution in [2.24, 2.45) is 5.73 Å². The molecule has 7 N–H and O–H groups in total. The van der Waals surface area contributed by atoms with Crippen LogP contribution in [0.2, 0.25) is 10.0 Å². The van der Waals surface area contributed by atoms with Gasteiger partial charge in [-0.2, -0.15) is 10.5 Å². The summed E-state index contributed by atoms with van der Waals surface area (Å²) in [6.07, 6.45) is 3.46. The summed E-state index contributed by atoms with van der Waals surface area (Å²) in [5.41, 5.74) is 14.4. The number of aliphatic hydroxyl groups excluding tert-OH is 2. The van der Waals surface area contributed by atoms with E-state index in [1.54, 1.807) is 48.8 Å². The molecule has 70 heavy (non-hydrogen) atoms. The minimum Gasteiger partial charge on any atom is -0.488 e. The van der Waals surface area contributed by atoms with Crippen molar-refractivity contribution in [2.75, 3.05) is 13.1 Å². The monoisotopic (exact) mass is 987 g/mol. The average Bonchev–Trinajstić information content (AvgIpc) is 3.33. The Bertz CT molecular complexity index is 2710. The number of nitriles is 2. The van der Waals surface area contributed by atoms with Crippen LogP contribution in [0.1, 0.15) is 68.5 Å². The number of rotatable bonds is 25. The number of aromatic nitrogens is 2. The molecule has 0 spiro atoms. The molecule has 0 aliphatic rings. The third-order valence-electron chi connectivity index (χ3n) is 11.1. The number of carbonyl (C=O) groups is 2. The van der Waals surface area contributed by atoms with Crippen molar-refractivity contribution < 1.29 is 43.9 Å². The fraction of sp³-hybridized carbons (Fsp3) is 0.269. The summed E-state index contributed by atoms with van der Waals surface area (Å²) in [6.45, 7) is 5.12. The van der Waals surface area contributed by atoms with E-state index in [0.717, 1.165) is 33.4 Å². The van der Waals surface area contributed by atoms with Crippen LogP contribution in [0.15, 0.2) is 97.6 Å². The summed E-state index contributed by atoms with van der Waals surface area (Å²) in [7, 11) is 0. The molecule has 2 heterocycles. The number of nitrogens with one attached hydrogen (secondary N) is 2. The lowest BCUT2D eigenvalue weighted by Crippen LogP contribution is -2.30. The van der Waals surface area contributed by atoms with Gasteiger partial charge in [0, 0.05) is 85.4 Å². The Morgan fingerprint density at radius 3 is 1.47 bits per heavy atom. The van der Waals surface area contributed by atoms with E-state index in [1.165, 1.54) is 12.4 Å². The van der Waals surface area contributed by atoms with Gasteiger partial charge in [0.15, 0.2) is 0 Å². The zero-order chi connectivity index (χ0) is 50.2. The van der Waals surface area contributed by atoms with Crippen LogP contribution in [0, 0.1) is 36.5 Å². The predicted octanol–water partition coefficient (Wildman–Crippen LogP) is 7.38. The Hall–Kier alpha value is -7.28. The van der Waals surface area contributed by atoms with Gasteiger partial charge in [0.1, 0.15) is 61.6 Å². The van der Waals surface area contributed by atoms with E-state index in [9.17, 15) is 30.3 Å². The second kappa shape index (κ2) is 25.4. The van der Waals surface area contributed by atoms with E-state index < -0.39 is 30.5 Å². The highest BCUT2D eigenvalue weighted by Crippen LogP contribution is 2.37. The molecule has 18 heteroatoms. The molecule has 362 valence electrons. The van der Waals surface area contributed by atoms with Crippen LogP contribution in [-0.4, -0.2) is 62.5 Å². The molecule has 4 aromatic carbocycles. The maximum Gasteiger partial charge on any atom is 0.306 e. The molecule has 0 aliphatic heterocycles. The molecule has 0 bridgehead atoms. The summed E-state index contributed by atoms with van der Waals surface area (Å²) < 4.78 is 25.1. The number of carbonyl (C=O) groups excluding carboxylic acids is 1. The lowest BCUT2D eigenvalue weighted by atomic mass is 9.92. The second-order valence-corrected chi connectivity index (χ2v) is 17.2. The molecular weight excluding hydrogens is 938 g/mol. The zero-order valence-corrected chi connectivity index (χ0v) is 39.9. The fourth-order valence-corrected chi connectivity index (χ4v) is 7.88. The van der Waals surface area contributed by atoms with Gasteiger partial charge in [-0.05, 0) is 71.5 Å². The summed E-state index contributed by atoms with van der Waals surface area (Å²) in [5, 5.41) is 54.8. The van der Waals surface area contributed by atoms with Gasteiger partial charge in [0.05, 0.1) is 46.2 Å². The van der Waals surface area contributed by atoms with Crippen molar-refractivity contribution in [2.45, 2.75) is 78.4 Å². The molecule has 2 aromatic heterocycles. The Morgan fingerprint density at radius 1 is 0.629 bits per heavy atom. The lowest BCUT2D eigenvalue weighted by molar-refractivity contribution is -0.139. The van der Waals surface area contributed by atoms with Crippen molar-refractivity contribution in [1.29, 1.82) is 10.5 Å². The number of ether oxygens (including phenoxy) is 4. The zero-order valence-electron chi connectivity index (χ0n) is 38.4. The van der Waals surface area contributed by atoms with Gasteiger partial charge in [-0.25, -0.2) is 0 Å². The molecule has 0 aliphatic carbocycles. The number of aliphatic hydroxyl groups is 2. The standard InChI is InChI=1S/C52H51Cl2N7O9/c1-31-37(29-69-49-15-47(67-27-35-9-33(17-55)19-58-21-35)39(11-45(49)53)23-60-25-41(62)13-51(57)64)5-3-7-43(31)44-8-4-6-38(32(44)2)30-70-50-16-48(68-28-36-10-34(18-56)20-59-22-36)40(12-46(50)54)24-61-26-42(63)14-52(65)66/h3-12,15-16,19-22,41-42,60-63H,13-14,23-30H2,1-2H3,(H2,57,64)(H,65,66)/t41-,42-/m0/s1. The Morgan fingerprint density at radius 2 is 1.06 bits per heavy atom. The molecule has 0 unspecified atom stereocenters. The Labute approximate surface area is 415 Å². The quantitative estimate of drug-likeness (QED) is 0.0327. The third kappa shape index (κ3) is 14.9. The maximum absolute atomic E-state index is 11.3. The highest BCUT2D eigenvalue weighted by Gasteiger charge is 2.18. The topological polar surface area (TPSA) is 255 Å². The van der Waals surface area contributed by atoms with E-state index in [-0.39, 0.29) is 59.0 Å². The number of hydrogen-bond donors (Lipinski definition) is 6. The summed E-state index contributed by atoms with van der Waals surface area (Å²) in [6, 6.07) is 26.2. The van der Waals surface area contributed by atoms with Gasteiger partial charge in [-0.3, -0.25) is 19.6 Å². The molecule has 0 saturated carbocycles. The smallest absolute Gasteiger partial charge is 0.306 e. The first-order valence-electron chi connectivity index (χ1n) is 22.0. The largest absolute Gasteiger partial charge is 0.488 e. The van der Waals surface area contributed by atoms with Crippen LogP contribution in [0.5, 0.6) is 23.0 Å². The number of benzene rings is 4. The molecule has 0 fully saturated rings. The Balaban J connectivity index is 1.18. The number of nitrogens with zero attached hydrogens (tertiary/aromatic N) is 4. The third-order valence-corrected chi connectivity index (χ3v) is 11.6. The number of carboxylic acids is 1. The normalized spacial score (nSPS) is 11.8. The van der Waals surface area contributed by atoms with Gasteiger partial charge in [-0.1, -0.05) is 59.6 Å². The van der Waals surface area contributed by atoms with Crippen LogP contribution >= 0.6 is 23.2 Å². The molecule has 6 rings (SSSR count). The number of nitrogens with two attached hydrogens (primary N) is 1. The van der Waals surface area contributed by atoms with Gasteiger partial charge < -0.3 is 50.6 Å². The first-order chi connectivity index (χ1) is 33.7. The molecule has 6 aromatic rings. The van der Waals surface area contributed by atoms with Crippen molar-refractivity contribution in [3.05, 3.63) is 163 Å². The molecule has 0 radical (unpaired) electrons. The number of pyridine rings is 2. The first-order valence-corrected chi connectivity index (χ1v) is 22.8. The molecule has 1 amide bonds. The van der Waals surface area contributed by atoms with Crippen molar-refractivity contribution in [3.63, 3.8) is 0 Å². The summed E-state index contributed by atoms with van der Waals surface area (Å²) in [4.78, 5) is 30.6. The molecule has 2 atom stereocenters. The number of amides is 1. The number of primary amides is 1. The van der Waals surface area contributed by atoms with Gasteiger partial charge in [0.2, 0.25) is 5.91 Å². The summed E-state index contributed by atoms with van der Waals surface area (Å²) >= 11 is 13.6. The SMILES string of the molecule is Cc1c(COc2cc(OCc3cncc(C#N)c3)c(CNC[C@@H](O)CC(N)=O)cc2Cl)cccc1-c1cccc(COc2cc(OCc3cncc(C#N)c3)c(CNC[C@@H](O)CC(=O)O)cc2Cl)c1C. The molecular formula is C52H51Cl2N7O9. The Kier molecular flexibility index (Phi) is 18.9. The van der Waals surface area contributed by atoms with Crippen LogP contribution in [0.3, 0.4) is 0 Å². The first kappa shape index (κ1) is 52.1. The molecule has 0 saturated heterocycles. The van der Waals surface area contributed by atoms with Gasteiger partial charge in [-0.15, -0.1) is 0 Å². The van der Waals surface area contributed by atoms with Gasteiger partial charge in [0.25, 0.3) is 0 Å². The van der Waals surface area contributed by atoms with E-state index in [4.69, 9.17) is 53.0 Å². The average molecular weight is 989 g/mol. The fourth-order valence-electron chi connectivity index (χ4n) is 7.39. The number of carboxylic acid groups (broad SMARTS) is 1. The number of hydrogen-bond acceptors (Lipinski definition) is 14. The minimum absolute atomic E-state index is 0.0229. The number of aliphatic carboxylic acids is 1. The van der Waals surface area contributed by atoms with Crippen LogP contribution < -0.4 is 35.3 Å². The molecule has 16 nitrogen and oxygen atoms in total.